The van der Waals surface area contributed by atoms with Crippen LogP contribution in [0.3, 0.4) is 0 Å². The highest BCUT2D eigenvalue weighted by Crippen LogP contribution is 2.32. The molecule has 0 radical (unpaired) electrons. The fraction of sp³-hybridized carbons (Fsp3) is 0.500. The SMILES string of the molecule is COc1c(Cl)cccc1NC(=O)N1CC(C)OC(C)C1. The van der Waals surface area contributed by atoms with Crippen molar-refractivity contribution >= 4 is 23.3 Å². The summed E-state index contributed by atoms with van der Waals surface area (Å²) >= 11 is 6.04. The van der Waals surface area contributed by atoms with Crippen LogP contribution in [-0.2, 0) is 4.74 Å². The molecule has 1 aromatic rings. The van der Waals surface area contributed by atoms with Gasteiger partial charge in [0, 0.05) is 13.1 Å². The van der Waals surface area contributed by atoms with Crippen LogP contribution < -0.4 is 10.1 Å². The molecule has 2 atom stereocenters. The van der Waals surface area contributed by atoms with Crippen LogP contribution in [0.1, 0.15) is 13.8 Å². The van der Waals surface area contributed by atoms with Gasteiger partial charge < -0.3 is 19.7 Å². The average molecular weight is 299 g/mol. The molecule has 1 fully saturated rings. The molecule has 1 saturated heterocycles. The summed E-state index contributed by atoms with van der Waals surface area (Å²) in [5.74, 6) is 0.469. The van der Waals surface area contributed by atoms with Crippen LogP contribution in [-0.4, -0.2) is 43.3 Å². The van der Waals surface area contributed by atoms with Gasteiger partial charge in [0.2, 0.25) is 0 Å². The summed E-state index contributed by atoms with van der Waals surface area (Å²) in [5, 5.41) is 3.30. The molecule has 20 heavy (non-hydrogen) atoms. The quantitative estimate of drug-likeness (QED) is 0.913. The van der Waals surface area contributed by atoms with Gasteiger partial charge in [-0.05, 0) is 26.0 Å². The first-order chi connectivity index (χ1) is 9.51. The van der Waals surface area contributed by atoms with Gasteiger partial charge in [0.25, 0.3) is 0 Å². The zero-order valence-corrected chi connectivity index (χ0v) is 12.6. The predicted octanol–water partition coefficient (Wildman–Crippen LogP) is 2.99. The molecule has 2 rings (SSSR count). The summed E-state index contributed by atoms with van der Waals surface area (Å²) in [6.45, 7) is 5.05. The zero-order chi connectivity index (χ0) is 14.7. The van der Waals surface area contributed by atoms with Gasteiger partial charge in [-0.1, -0.05) is 17.7 Å². The minimum atomic E-state index is -0.174. The van der Waals surface area contributed by atoms with E-state index in [-0.39, 0.29) is 18.2 Å². The summed E-state index contributed by atoms with van der Waals surface area (Å²) in [6.07, 6.45) is 0.0662. The molecular formula is C14H19ClN2O3. The lowest BCUT2D eigenvalue weighted by Gasteiger charge is -2.35. The molecule has 1 aliphatic rings. The fourth-order valence-electron chi connectivity index (χ4n) is 2.35. The molecule has 0 aromatic heterocycles. The normalized spacial score (nSPS) is 22.5. The third kappa shape index (κ3) is 3.35. The summed E-state index contributed by atoms with van der Waals surface area (Å²) in [4.78, 5) is 14.0. The maximum Gasteiger partial charge on any atom is 0.322 e. The molecular weight excluding hydrogens is 280 g/mol. The second kappa shape index (κ2) is 6.33. The number of para-hydroxylation sites is 1. The highest BCUT2D eigenvalue weighted by molar-refractivity contribution is 6.32. The number of amides is 2. The van der Waals surface area contributed by atoms with Crippen molar-refractivity contribution in [2.75, 3.05) is 25.5 Å². The topological polar surface area (TPSA) is 50.8 Å². The molecule has 1 aromatic carbocycles. The summed E-state index contributed by atoms with van der Waals surface area (Å²) in [6, 6.07) is 5.07. The first kappa shape index (κ1) is 14.9. The number of morpholine rings is 1. The van der Waals surface area contributed by atoms with E-state index in [1.165, 1.54) is 7.11 Å². The molecule has 1 aliphatic heterocycles. The van der Waals surface area contributed by atoms with E-state index in [4.69, 9.17) is 21.1 Å². The van der Waals surface area contributed by atoms with Gasteiger partial charge in [-0.15, -0.1) is 0 Å². The number of benzene rings is 1. The molecule has 5 nitrogen and oxygen atoms in total. The van der Waals surface area contributed by atoms with Crippen molar-refractivity contribution in [2.45, 2.75) is 26.1 Å². The van der Waals surface area contributed by atoms with E-state index >= 15 is 0 Å². The molecule has 0 saturated carbocycles. The van der Waals surface area contributed by atoms with Crippen molar-refractivity contribution < 1.29 is 14.3 Å². The maximum atomic E-state index is 12.3. The number of halogens is 1. The van der Waals surface area contributed by atoms with E-state index in [0.717, 1.165) is 0 Å². The van der Waals surface area contributed by atoms with Gasteiger partial charge in [0.15, 0.2) is 5.75 Å². The largest absolute Gasteiger partial charge is 0.493 e. The second-order valence-corrected chi connectivity index (χ2v) is 5.32. The summed E-state index contributed by atoms with van der Waals surface area (Å²) < 4.78 is 10.8. The number of nitrogens with zero attached hydrogens (tertiary/aromatic N) is 1. The monoisotopic (exact) mass is 298 g/mol. The third-order valence-corrected chi connectivity index (χ3v) is 3.42. The van der Waals surface area contributed by atoms with Gasteiger partial charge in [0.1, 0.15) is 0 Å². The Kier molecular flexibility index (Phi) is 4.73. The van der Waals surface area contributed by atoms with Crippen LogP contribution in [0.25, 0.3) is 0 Å². The second-order valence-electron chi connectivity index (χ2n) is 4.91. The zero-order valence-electron chi connectivity index (χ0n) is 11.9. The first-order valence-corrected chi connectivity index (χ1v) is 6.93. The lowest BCUT2D eigenvalue weighted by atomic mass is 10.2. The number of carbonyl (C=O) groups is 1. The number of hydrogen-bond donors (Lipinski definition) is 1. The molecule has 110 valence electrons. The smallest absolute Gasteiger partial charge is 0.322 e. The molecule has 0 aliphatic carbocycles. The van der Waals surface area contributed by atoms with Crippen LogP contribution in [0.2, 0.25) is 5.02 Å². The highest BCUT2D eigenvalue weighted by Gasteiger charge is 2.26. The van der Waals surface area contributed by atoms with E-state index < -0.39 is 0 Å². The van der Waals surface area contributed by atoms with Gasteiger partial charge in [-0.2, -0.15) is 0 Å². The summed E-state index contributed by atoms with van der Waals surface area (Å²) in [7, 11) is 1.52. The van der Waals surface area contributed by atoms with Crippen LogP contribution >= 0.6 is 11.6 Å². The molecule has 1 N–H and O–H groups in total. The van der Waals surface area contributed by atoms with Gasteiger partial charge in [-0.25, -0.2) is 4.79 Å². The van der Waals surface area contributed by atoms with E-state index in [0.29, 0.717) is 29.5 Å². The number of nitrogens with one attached hydrogen (secondary N) is 1. The Morgan fingerprint density at radius 1 is 1.40 bits per heavy atom. The number of hydrogen-bond acceptors (Lipinski definition) is 3. The molecule has 0 bridgehead atoms. The third-order valence-electron chi connectivity index (χ3n) is 3.12. The number of urea groups is 1. The maximum absolute atomic E-state index is 12.3. The molecule has 0 spiro atoms. The molecule has 1 heterocycles. The first-order valence-electron chi connectivity index (χ1n) is 6.55. The van der Waals surface area contributed by atoms with Crippen molar-refractivity contribution in [1.82, 2.24) is 4.90 Å². The Bertz CT molecular complexity index is 485. The number of ether oxygens (including phenoxy) is 2. The molecule has 2 amide bonds. The lowest BCUT2D eigenvalue weighted by molar-refractivity contribution is -0.0530. The number of rotatable bonds is 2. The van der Waals surface area contributed by atoms with Crippen LogP contribution in [0, 0.1) is 0 Å². The average Bonchev–Trinajstić information content (AvgIpc) is 2.37. The molecule has 6 heteroatoms. The van der Waals surface area contributed by atoms with Crippen LogP contribution in [0.5, 0.6) is 5.75 Å². The minimum Gasteiger partial charge on any atom is -0.493 e. The Balaban J connectivity index is 2.10. The van der Waals surface area contributed by atoms with Crippen molar-refractivity contribution in [2.24, 2.45) is 0 Å². The Morgan fingerprint density at radius 3 is 2.65 bits per heavy atom. The van der Waals surface area contributed by atoms with E-state index in [1.54, 1.807) is 23.1 Å². The Morgan fingerprint density at radius 2 is 2.05 bits per heavy atom. The van der Waals surface area contributed by atoms with E-state index in [2.05, 4.69) is 5.32 Å². The van der Waals surface area contributed by atoms with E-state index in [1.807, 2.05) is 13.8 Å². The minimum absolute atomic E-state index is 0.0331. The molecule has 2 unspecified atom stereocenters. The van der Waals surface area contributed by atoms with Crippen LogP contribution in [0.4, 0.5) is 10.5 Å². The van der Waals surface area contributed by atoms with Gasteiger partial charge >= 0.3 is 6.03 Å². The lowest BCUT2D eigenvalue weighted by Crippen LogP contribution is -2.49. The predicted molar refractivity (Wildman–Crippen MR) is 78.6 cm³/mol. The van der Waals surface area contributed by atoms with Crippen molar-refractivity contribution in [1.29, 1.82) is 0 Å². The van der Waals surface area contributed by atoms with Crippen LogP contribution in [0.15, 0.2) is 18.2 Å². The van der Waals surface area contributed by atoms with Crippen molar-refractivity contribution in [3.8, 4) is 5.75 Å². The Labute approximate surface area is 123 Å². The van der Waals surface area contributed by atoms with Gasteiger partial charge in [0.05, 0.1) is 30.0 Å². The van der Waals surface area contributed by atoms with E-state index in [9.17, 15) is 4.79 Å². The standard InChI is InChI=1S/C14H19ClN2O3/c1-9-7-17(8-10(2)20-9)14(18)16-12-6-4-5-11(15)13(12)19-3/h4-6,9-10H,7-8H2,1-3H3,(H,16,18). The summed E-state index contributed by atoms with van der Waals surface area (Å²) in [5.41, 5.74) is 0.566. The van der Waals surface area contributed by atoms with Crippen molar-refractivity contribution in [3.05, 3.63) is 23.2 Å². The number of methoxy groups -OCH3 is 1. The Hall–Kier alpha value is -1.46. The van der Waals surface area contributed by atoms with Crippen molar-refractivity contribution in [3.63, 3.8) is 0 Å². The number of carbonyl (C=O) groups excluding carboxylic acids is 1. The number of anilines is 1. The highest BCUT2D eigenvalue weighted by atomic mass is 35.5. The fourth-order valence-corrected chi connectivity index (χ4v) is 2.60. The van der Waals surface area contributed by atoms with Gasteiger partial charge in [-0.3, -0.25) is 0 Å².